The van der Waals surface area contributed by atoms with E-state index in [1.807, 2.05) is 0 Å². The van der Waals surface area contributed by atoms with Gasteiger partial charge in [0.05, 0.1) is 22.4 Å². The summed E-state index contributed by atoms with van der Waals surface area (Å²) in [5.41, 5.74) is 0.403. The zero-order valence-corrected chi connectivity index (χ0v) is 20.0. The lowest BCUT2D eigenvalue weighted by molar-refractivity contribution is -0.154. The third-order valence-corrected chi connectivity index (χ3v) is 6.99. The van der Waals surface area contributed by atoms with E-state index < -0.39 is 41.9 Å². The van der Waals surface area contributed by atoms with Gasteiger partial charge in [0.2, 0.25) is 0 Å². The first-order chi connectivity index (χ1) is 15.3. The van der Waals surface area contributed by atoms with Crippen LogP contribution < -0.4 is 0 Å². The first-order valence-corrected chi connectivity index (χ1v) is 11.8. The van der Waals surface area contributed by atoms with E-state index in [1.165, 1.54) is 18.2 Å². The topological polar surface area (TPSA) is 74.8 Å². The summed E-state index contributed by atoms with van der Waals surface area (Å²) in [5, 5.41) is 2.20. The maximum Gasteiger partial charge on any atom is 0.274 e. The van der Waals surface area contributed by atoms with Gasteiger partial charge in [-0.15, -0.1) is 0 Å². The zero-order valence-electron chi connectivity index (χ0n) is 16.9. The number of hydrazine groups is 1. The third-order valence-electron chi connectivity index (χ3n) is 5.91. The molecule has 0 spiro atoms. The van der Waals surface area contributed by atoms with Crippen molar-refractivity contribution in [1.82, 2.24) is 10.0 Å². The highest BCUT2D eigenvalue weighted by Gasteiger charge is 2.51. The summed E-state index contributed by atoms with van der Waals surface area (Å²) in [6.45, 7) is -0.476. The number of carbonyl (C=O) groups excluding carboxylic acids is 4. The number of nitrogens with zero attached hydrogens (tertiary/aromatic N) is 2. The van der Waals surface area contributed by atoms with Crippen LogP contribution in [0.15, 0.2) is 46.9 Å². The number of Topliss-reactive ketones (excluding diaryl/α,β-unsaturated/α-hetero) is 1. The molecule has 0 radical (unpaired) electrons. The Morgan fingerprint density at radius 1 is 0.969 bits per heavy atom. The van der Waals surface area contributed by atoms with Crippen molar-refractivity contribution in [2.24, 2.45) is 11.8 Å². The van der Waals surface area contributed by atoms with Crippen LogP contribution in [0.25, 0.3) is 0 Å². The molecule has 2 aliphatic rings. The van der Waals surface area contributed by atoms with Gasteiger partial charge in [-0.1, -0.05) is 64.1 Å². The molecular formula is C23H19BrCl2N2O4. The highest BCUT2D eigenvalue weighted by atomic mass is 79.9. The molecule has 0 N–H and O–H groups in total. The Balaban J connectivity index is 1.71. The maximum atomic E-state index is 13.5. The molecule has 1 heterocycles. The van der Waals surface area contributed by atoms with Crippen LogP contribution in [0.4, 0.5) is 0 Å². The fraction of sp³-hybridized carbons (Fsp3) is 0.304. The standard InChI is InChI=1S/C23H19BrCl2N2O4/c24-14-7-5-13(6-8-14)20(29)12-27(21(30)18-10-9-15(25)11-19(18)26)28-22(31)16-3-1-2-4-17(16)23(28)32/h5-11,16-17H,1-4,12H2/t16-,17-/m0/s1. The van der Waals surface area contributed by atoms with Gasteiger partial charge in [-0.25, -0.2) is 5.01 Å². The van der Waals surface area contributed by atoms with E-state index in [-0.39, 0.29) is 10.6 Å². The second kappa shape index (κ2) is 9.33. The highest BCUT2D eigenvalue weighted by Crippen LogP contribution is 2.39. The van der Waals surface area contributed by atoms with Crippen molar-refractivity contribution in [3.63, 3.8) is 0 Å². The largest absolute Gasteiger partial charge is 0.292 e. The molecule has 0 unspecified atom stereocenters. The van der Waals surface area contributed by atoms with E-state index in [9.17, 15) is 19.2 Å². The molecule has 4 rings (SSSR count). The van der Waals surface area contributed by atoms with Crippen molar-refractivity contribution in [2.75, 3.05) is 6.54 Å². The van der Waals surface area contributed by atoms with Crippen molar-refractivity contribution < 1.29 is 19.2 Å². The number of fused-ring (bicyclic) bond motifs is 1. The summed E-state index contributed by atoms with van der Waals surface area (Å²) in [5.74, 6) is -2.93. The second-order valence-corrected chi connectivity index (χ2v) is 9.66. The van der Waals surface area contributed by atoms with Crippen LogP contribution in [-0.2, 0) is 9.59 Å². The zero-order chi connectivity index (χ0) is 23.0. The highest BCUT2D eigenvalue weighted by molar-refractivity contribution is 9.10. The normalized spacial score (nSPS) is 20.3. The summed E-state index contributed by atoms with van der Waals surface area (Å²) < 4.78 is 0.795. The average Bonchev–Trinajstić information content (AvgIpc) is 3.02. The summed E-state index contributed by atoms with van der Waals surface area (Å²) in [4.78, 5) is 52.8. The summed E-state index contributed by atoms with van der Waals surface area (Å²) in [7, 11) is 0. The summed E-state index contributed by atoms with van der Waals surface area (Å²) >= 11 is 15.5. The Labute approximate surface area is 203 Å². The molecule has 2 atom stereocenters. The lowest BCUT2D eigenvalue weighted by Gasteiger charge is -2.30. The minimum absolute atomic E-state index is 0.0511. The van der Waals surface area contributed by atoms with Gasteiger partial charge in [0.1, 0.15) is 6.54 Å². The van der Waals surface area contributed by atoms with E-state index in [1.54, 1.807) is 24.3 Å². The predicted molar refractivity (Wildman–Crippen MR) is 123 cm³/mol. The SMILES string of the molecule is O=C(CN(C(=O)c1ccc(Cl)cc1Cl)N1C(=O)[C@H]2CCCC[C@@H]2C1=O)c1ccc(Br)cc1. The quantitative estimate of drug-likeness (QED) is 0.389. The van der Waals surface area contributed by atoms with Gasteiger partial charge in [-0.05, 0) is 43.2 Å². The Morgan fingerprint density at radius 3 is 2.12 bits per heavy atom. The Kier molecular flexibility index (Phi) is 6.70. The lowest BCUT2D eigenvalue weighted by atomic mass is 9.81. The molecule has 6 nitrogen and oxygen atoms in total. The van der Waals surface area contributed by atoms with Gasteiger partial charge in [-0.2, -0.15) is 5.01 Å². The number of halogens is 3. The first kappa shape index (κ1) is 23.0. The molecule has 166 valence electrons. The molecule has 32 heavy (non-hydrogen) atoms. The fourth-order valence-electron chi connectivity index (χ4n) is 4.28. The van der Waals surface area contributed by atoms with E-state index in [0.717, 1.165) is 27.3 Å². The molecule has 2 fully saturated rings. The van der Waals surface area contributed by atoms with Crippen molar-refractivity contribution in [3.8, 4) is 0 Å². The van der Waals surface area contributed by atoms with E-state index in [2.05, 4.69) is 15.9 Å². The molecule has 1 aliphatic heterocycles. The summed E-state index contributed by atoms with van der Waals surface area (Å²) in [6.07, 6.45) is 2.89. The lowest BCUT2D eigenvalue weighted by Crippen LogP contribution is -2.52. The van der Waals surface area contributed by atoms with Crippen LogP contribution >= 0.6 is 39.1 Å². The Bertz CT molecular complexity index is 1080. The third kappa shape index (κ3) is 4.34. The van der Waals surface area contributed by atoms with Crippen molar-refractivity contribution in [3.05, 3.63) is 68.1 Å². The van der Waals surface area contributed by atoms with Gasteiger partial charge in [-0.3, -0.25) is 19.2 Å². The Hall–Kier alpha value is -2.22. The molecule has 1 saturated heterocycles. The van der Waals surface area contributed by atoms with E-state index >= 15 is 0 Å². The smallest absolute Gasteiger partial charge is 0.274 e. The average molecular weight is 538 g/mol. The number of ketones is 1. The molecular weight excluding hydrogens is 519 g/mol. The molecule has 2 aromatic carbocycles. The van der Waals surface area contributed by atoms with E-state index in [0.29, 0.717) is 23.4 Å². The monoisotopic (exact) mass is 536 g/mol. The van der Waals surface area contributed by atoms with Crippen LogP contribution in [-0.4, -0.2) is 40.1 Å². The van der Waals surface area contributed by atoms with E-state index in [4.69, 9.17) is 23.2 Å². The molecule has 1 saturated carbocycles. The van der Waals surface area contributed by atoms with Gasteiger partial charge in [0.15, 0.2) is 5.78 Å². The van der Waals surface area contributed by atoms with Crippen LogP contribution in [0.5, 0.6) is 0 Å². The second-order valence-electron chi connectivity index (χ2n) is 7.90. The minimum atomic E-state index is -0.711. The maximum absolute atomic E-state index is 13.5. The number of hydrogen-bond acceptors (Lipinski definition) is 4. The van der Waals surface area contributed by atoms with Crippen LogP contribution in [0.1, 0.15) is 46.4 Å². The van der Waals surface area contributed by atoms with Crippen LogP contribution in [0.2, 0.25) is 10.0 Å². The number of hydrogen-bond donors (Lipinski definition) is 0. The van der Waals surface area contributed by atoms with Crippen molar-refractivity contribution in [1.29, 1.82) is 0 Å². The minimum Gasteiger partial charge on any atom is -0.292 e. The van der Waals surface area contributed by atoms with Crippen LogP contribution in [0.3, 0.4) is 0 Å². The fourth-order valence-corrected chi connectivity index (χ4v) is 5.03. The van der Waals surface area contributed by atoms with Gasteiger partial charge >= 0.3 is 0 Å². The molecule has 2 aromatic rings. The van der Waals surface area contributed by atoms with Gasteiger partial charge in [0.25, 0.3) is 17.7 Å². The first-order valence-electron chi connectivity index (χ1n) is 10.2. The summed E-state index contributed by atoms with van der Waals surface area (Å²) in [6, 6.07) is 10.9. The molecule has 0 bridgehead atoms. The molecule has 0 aromatic heterocycles. The van der Waals surface area contributed by atoms with Crippen LogP contribution in [0, 0.1) is 11.8 Å². The molecule has 3 amide bonds. The molecule has 9 heteroatoms. The van der Waals surface area contributed by atoms with Gasteiger partial charge in [0, 0.05) is 15.1 Å². The number of rotatable bonds is 5. The number of amides is 3. The number of imide groups is 1. The van der Waals surface area contributed by atoms with Crippen molar-refractivity contribution >= 4 is 62.6 Å². The number of benzene rings is 2. The number of carbonyl (C=O) groups is 4. The van der Waals surface area contributed by atoms with Gasteiger partial charge < -0.3 is 0 Å². The molecule has 1 aliphatic carbocycles. The Morgan fingerprint density at radius 2 is 1.56 bits per heavy atom. The van der Waals surface area contributed by atoms with Crippen molar-refractivity contribution in [2.45, 2.75) is 25.7 Å². The predicted octanol–water partition coefficient (Wildman–Crippen LogP) is 5.17.